The molecule has 0 aliphatic heterocycles. The minimum Gasteiger partial charge on any atom is -0.500 e. The third kappa shape index (κ3) is 4.67. The van der Waals surface area contributed by atoms with E-state index in [4.69, 9.17) is 10.00 Å². The highest BCUT2D eigenvalue weighted by Crippen LogP contribution is 2.23. The summed E-state index contributed by atoms with van der Waals surface area (Å²) in [6.45, 7) is 1.63. The van der Waals surface area contributed by atoms with Crippen molar-refractivity contribution in [3.63, 3.8) is 0 Å². The van der Waals surface area contributed by atoms with Gasteiger partial charge in [0.05, 0.1) is 35.3 Å². The first-order valence-corrected chi connectivity index (χ1v) is 7.92. The molecule has 7 nitrogen and oxygen atoms in total. The number of hydrogen-bond acceptors (Lipinski definition) is 5. The number of nitriles is 1. The van der Waals surface area contributed by atoms with Crippen molar-refractivity contribution in [1.29, 1.82) is 5.26 Å². The number of nitrogens with zero attached hydrogens (tertiary/aromatic N) is 1. The zero-order valence-corrected chi connectivity index (χ0v) is 15.0. The molecule has 126 valence electrons. The summed E-state index contributed by atoms with van der Waals surface area (Å²) in [7, 11) is 2.81. The third-order valence-corrected chi connectivity index (χ3v) is 3.64. The monoisotopic (exact) mass is 393 g/mol. The van der Waals surface area contributed by atoms with Crippen molar-refractivity contribution in [1.82, 2.24) is 5.32 Å². The molecule has 1 rings (SSSR count). The van der Waals surface area contributed by atoms with Gasteiger partial charge >= 0.3 is 0 Å². The largest absolute Gasteiger partial charge is 0.500 e. The minimum atomic E-state index is -0.913. The minimum absolute atomic E-state index is 0.103. The Morgan fingerprint density at radius 1 is 1.38 bits per heavy atom. The third-order valence-electron chi connectivity index (χ3n) is 3.08. The number of hydrogen-bond donors (Lipinski definition) is 2. The Morgan fingerprint density at radius 3 is 2.54 bits per heavy atom. The van der Waals surface area contributed by atoms with Gasteiger partial charge in [-0.1, -0.05) is 15.9 Å². The summed E-state index contributed by atoms with van der Waals surface area (Å²) in [5.41, 5.74) is 1.05. The number of ketones is 1. The maximum Gasteiger partial charge on any atom is 0.296 e. The number of benzene rings is 1. The van der Waals surface area contributed by atoms with Crippen molar-refractivity contribution in [2.75, 3.05) is 24.8 Å². The standard InChI is InChI=1S/C16H16BrN3O4/c1-9-4-10(8-18)5-12(15(22)19-2)14(9)20-16(23)13(21)6-11(7-17)24-3/h4-6H,7H2,1-3H3,(H,19,22)(H,20,23)/b11-6+. The highest BCUT2D eigenvalue weighted by Gasteiger charge is 2.19. The maximum atomic E-state index is 12.1. The second-order valence-electron chi connectivity index (χ2n) is 4.67. The Labute approximate surface area is 147 Å². The van der Waals surface area contributed by atoms with Gasteiger partial charge < -0.3 is 15.4 Å². The van der Waals surface area contributed by atoms with E-state index < -0.39 is 17.6 Å². The lowest BCUT2D eigenvalue weighted by Crippen LogP contribution is -2.26. The van der Waals surface area contributed by atoms with E-state index in [1.165, 1.54) is 26.3 Å². The molecular weight excluding hydrogens is 378 g/mol. The lowest BCUT2D eigenvalue weighted by molar-refractivity contribution is -0.132. The second-order valence-corrected chi connectivity index (χ2v) is 5.23. The fourth-order valence-corrected chi connectivity index (χ4v) is 2.26. The van der Waals surface area contributed by atoms with E-state index in [9.17, 15) is 14.4 Å². The average Bonchev–Trinajstić information content (AvgIpc) is 2.59. The zero-order chi connectivity index (χ0) is 18.3. The lowest BCUT2D eigenvalue weighted by atomic mass is 10.0. The van der Waals surface area contributed by atoms with Crippen molar-refractivity contribution >= 4 is 39.2 Å². The molecule has 0 saturated heterocycles. The second kappa shape index (κ2) is 8.84. The lowest BCUT2D eigenvalue weighted by Gasteiger charge is -2.13. The molecule has 0 spiro atoms. The van der Waals surface area contributed by atoms with Crippen LogP contribution in [0.15, 0.2) is 24.0 Å². The average molecular weight is 394 g/mol. The fraction of sp³-hybridized carbons (Fsp3) is 0.250. The van der Waals surface area contributed by atoms with Gasteiger partial charge in [0.2, 0.25) is 5.78 Å². The van der Waals surface area contributed by atoms with Crippen LogP contribution in [0.4, 0.5) is 5.69 Å². The molecule has 8 heteroatoms. The summed E-state index contributed by atoms with van der Waals surface area (Å²) in [6.07, 6.45) is 1.06. The number of anilines is 1. The molecule has 0 heterocycles. The Kier molecular flexibility index (Phi) is 7.14. The number of alkyl halides is 1. The van der Waals surface area contributed by atoms with E-state index >= 15 is 0 Å². The molecule has 2 amide bonds. The van der Waals surface area contributed by atoms with Gasteiger partial charge in [-0.3, -0.25) is 14.4 Å². The molecule has 0 fully saturated rings. The van der Waals surface area contributed by atoms with Crippen molar-refractivity contribution in [3.8, 4) is 6.07 Å². The number of aryl methyl sites for hydroxylation is 1. The summed E-state index contributed by atoms with van der Waals surface area (Å²) >= 11 is 3.13. The molecule has 0 bridgehead atoms. The van der Waals surface area contributed by atoms with Crippen LogP contribution in [0, 0.1) is 18.3 Å². The van der Waals surface area contributed by atoms with Gasteiger partial charge in [-0.2, -0.15) is 5.26 Å². The van der Waals surface area contributed by atoms with Crippen LogP contribution in [0.2, 0.25) is 0 Å². The van der Waals surface area contributed by atoms with Crippen LogP contribution in [-0.4, -0.2) is 37.1 Å². The molecule has 1 aromatic rings. The van der Waals surface area contributed by atoms with Gasteiger partial charge in [0, 0.05) is 13.1 Å². The number of carbonyl (C=O) groups is 3. The first-order chi connectivity index (χ1) is 11.4. The number of rotatable bonds is 6. The van der Waals surface area contributed by atoms with E-state index in [0.29, 0.717) is 11.3 Å². The molecule has 24 heavy (non-hydrogen) atoms. The molecule has 0 aliphatic rings. The Morgan fingerprint density at radius 2 is 2.04 bits per heavy atom. The van der Waals surface area contributed by atoms with Gasteiger partial charge in [-0.15, -0.1) is 0 Å². The number of ether oxygens (including phenoxy) is 1. The Hall–Kier alpha value is -2.66. The summed E-state index contributed by atoms with van der Waals surface area (Å²) in [4.78, 5) is 36.0. The van der Waals surface area contributed by atoms with Crippen molar-refractivity contribution in [3.05, 3.63) is 40.7 Å². The first kappa shape index (κ1) is 19.4. The van der Waals surface area contributed by atoms with E-state index in [0.717, 1.165) is 6.08 Å². The van der Waals surface area contributed by atoms with Crippen LogP contribution in [0.3, 0.4) is 0 Å². The van der Waals surface area contributed by atoms with E-state index in [1.807, 2.05) is 6.07 Å². The van der Waals surface area contributed by atoms with Gasteiger partial charge in [-0.25, -0.2) is 0 Å². The molecule has 2 N–H and O–H groups in total. The van der Waals surface area contributed by atoms with Crippen LogP contribution < -0.4 is 10.6 Å². The van der Waals surface area contributed by atoms with Crippen LogP contribution >= 0.6 is 15.9 Å². The normalized spacial score (nSPS) is 10.5. The number of methoxy groups -OCH3 is 1. The summed E-state index contributed by atoms with van der Waals surface area (Å²) < 4.78 is 4.92. The Bertz CT molecular complexity index is 744. The number of halogens is 1. The van der Waals surface area contributed by atoms with Gasteiger partial charge in [-0.05, 0) is 24.6 Å². The number of nitrogens with one attached hydrogen (secondary N) is 2. The summed E-state index contributed by atoms with van der Waals surface area (Å²) in [5.74, 6) is -1.92. The fourth-order valence-electron chi connectivity index (χ4n) is 1.87. The van der Waals surface area contributed by atoms with E-state index in [1.54, 1.807) is 6.92 Å². The first-order valence-electron chi connectivity index (χ1n) is 6.80. The number of amides is 2. The smallest absolute Gasteiger partial charge is 0.296 e. The van der Waals surface area contributed by atoms with Crippen LogP contribution in [-0.2, 0) is 14.3 Å². The molecular formula is C16H16BrN3O4. The molecule has 0 radical (unpaired) electrons. The molecule has 0 aliphatic carbocycles. The van der Waals surface area contributed by atoms with Gasteiger partial charge in [0.1, 0.15) is 5.76 Å². The van der Waals surface area contributed by atoms with Crippen molar-refractivity contribution in [2.45, 2.75) is 6.92 Å². The molecule has 0 unspecified atom stereocenters. The molecule has 0 saturated carbocycles. The molecule has 1 aromatic carbocycles. The van der Waals surface area contributed by atoms with Crippen molar-refractivity contribution in [2.24, 2.45) is 0 Å². The van der Waals surface area contributed by atoms with Gasteiger partial charge in [0.15, 0.2) is 0 Å². The summed E-state index contributed by atoms with van der Waals surface area (Å²) in [6, 6.07) is 4.80. The number of carbonyl (C=O) groups excluding carboxylic acids is 3. The quantitative estimate of drug-likeness (QED) is 0.330. The highest BCUT2D eigenvalue weighted by atomic mass is 79.9. The van der Waals surface area contributed by atoms with Crippen molar-refractivity contribution < 1.29 is 19.1 Å². The molecule has 0 atom stereocenters. The van der Waals surface area contributed by atoms with E-state index in [-0.39, 0.29) is 22.1 Å². The molecule has 0 aromatic heterocycles. The van der Waals surface area contributed by atoms with Gasteiger partial charge in [0.25, 0.3) is 11.8 Å². The van der Waals surface area contributed by atoms with E-state index in [2.05, 4.69) is 26.6 Å². The van der Waals surface area contributed by atoms with Crippen LogP contribution in [0.5, 0.6) is 0 Å². The predicted molar refractivity (Wildman–Crippen MR) is 91.8 cm³/mol. The Balaban J connectivity index is 3.21. The number of allylic oxidation sites excluding steroid dienone is 1. The summed E-state index contributed by atoms with van der Waals surface area (Å²) in [5, 5.41) is 14.1. The maximum absolute atomic E-state index is 12.1. The predicted octanol–water partition coefficient (Wildman–Crippen LogP) is 1.66. The zero-order valence-electron chi connectivity index (χ0n) is 13.4. The van der Waals surface area contributed by atoms with Crippen LogP contribution in [0.25, 0.3) is 0 Å². The topological polar surface area (TPSA) is 108 Å². The SMILES string of the molecule is CNC(=O)c1cc(C#N)cc(C)c1NC(=O)C(=O)/C=C(\CBr)OC. The van der Waals surface area contributed by atoms with Crippen LogP contribution in [0.1, 0.15) is 21.5 Å². The highest BCUT2D eigenvalue weighted by molar-refractivity contribution is 9.09.